The lowest BCUT2D eigenvalue weighted by atomic mass is 9.74. The average molecular weight is 509 g/mol. The molecule has 0 atom stereocenters. The number of ether oxygens (including phenoxy) is 2. The van der Waals surface area contributed by atoms with Crippen LogP contribution in [-0.2, 0) is 16.7 Å². The van der Waals surface area contributed by atoms with Crippen LogP contribution in [0.15, 0.2) is 53.5 Å². The Morgan fingerprint density at radius 2 is 1.83 bits per heavy atom. The molecule has 1 heterocycles. The Kier molecular flexibility index (Phi) is 9.23. The second kappa shape index (κ2) is 11.4. The lowest BCUT2D eigenvalue weighted by Crippen LogP contribution is -2.47. The minimum absolute atomic E-state index is 0. The fourth-order valence-electron chi connectivity index (χ4n) is 3.76. The molecular formula is C23H32IN3O2. The normalized spacial score (nSPS) is 15.9. The molecule has 0 amide bonds. The fourth-order valence-corrected chi connectivity index (χ4v) is 3.76. The maximum absolute atomic E-state index is 5.64. The van der Waals surface area contributed by atoms with Crippen molar-refractivity contribution in [1.82, 2.24) is 10.6 Å². The van der Waals surface area contributed by atoms with Crippen LogP contribution in [0.1, 0.15) is 29.5 Å². The molecule has 0 saturated carbocycles. The summed E-state index contributed by atoms with van der Waals surface area (Å²) in [6.45, 7) is 5.24. The molecule has 0 unspecified atom stereocenters. The summed E-state index contributed by atoms with van der Waals surface area (Å²) >= 11 is 0. The number of aryl methyl sites for hydroxylation is 1. The van der Waals surface area contributed by atoms with Crippen LogP contribution in [0.2, 0.25) is 0 Å². The van der Waals surface area contributed by atoms with E-state index in [4.69, 9.17) is 9.47 Å². The van der Waals surface area contributed by atoms with E-state index in [1.807, 2.05) is 19.2 Å². The highest BCUT2D eigenvalue weighted by molar-refractivity contribution is 14.0. The van der Waals surface area contributed by atoms with E-state index < -0.39 is 0 Å². The molecule has 6 heteroatoms. The maximum Gasteiger partial charge on any atom is 0.191 e. The Morgan fingerprint density at radius 1 is 1.10 bits per heavy atom. The van der Waals surface area contributed by atoms with Crippen LogP contribution in [0.3, 0.4) is 0 Å². The van der Waals surface area contributed by atoms with Crippen molar-refractivity contribution in [1.29, 1.82) is 0 Å². The number of aliphatic imine (C=N–C) groups is 1. The van der Waals surface area contributed by atoms with Crippen LogP contribution in [-0.4, -0.2) is 39.9 Å². The molecule has 1 saturated heterocycles. The highest BCUT2D eigenvalue weighted by Gasteiger charge is 2.34. The van der Waals surface area contributed by atoms with Gasteiger partial charge in [-0.1, -0.05) is 42.0 Å². The van der Waals surface area contributed by atoms with Crippen molar-refractivity contribution in [3.8, 4) is 5.75 Å². The second-order valence-electron chi connectivity index (χ2n) is 7.39. The van der Waals surface area contributed by atoms with Gasteiger partial charge in [0.1, 0.15) is 5.75 Å². The number of nitrogens with zero attached hydrogens (tertiary/aromatic N) is 1. The van der Waals surface area contributed by atoms with E-state index in [9.17, 15) is 0 Å². The predicted molar refractivity (Wildman–Crippen MR) is 130 cm³/mol. The van der Waals surface area contributed by atoms with Gasteiger partial charge in [-0.25, -0.2) is 0 Å². The second-order valence-corrected chi connectivity index (χ2v) is 7.39. The van der Waals surface area contributed by atoms with Gasteiger partial charge < -0.3 is 20.1 Å². The molecule has 2 aromatic carbocycles. The number of guanidine groups is 1. The van der Waals surface area contributed by atoms with E-state index in [1.54, 1.807) is 7.11 Å². The number of benzene rings is 2. The zero-order chi connectivity index (χ0) is 19.8. The van der Waals surface area contributed by atoms with Gasteiger partial charge in [-0.3, -0.25) is 4.99 Å². The molecule has 0 radical (unpaired) electrons. The van der Waals surface area contributed by atoms with Crippen molar-refractivity contribution in [2.24, 2.45) is 4.99 Å². The molecule has 0 aromatic heterocycles. The predicted octanol–water partition coefficient (Wildman–Crippen LogP) is 4.04. The monoisotopic (exact) mass is 509 g/mol. The quantitative estimate of drug-likeness (QED) is 0.351. The van der Waals surface area contributed by atoms with Crippen LogP contribution < -0.4 is 15.4 Å². The van der Waals surface area contributed by atoms with Gasteiger partial charge in [-0.05, 0) is 43.0 Å². The fraction of sp³-hybridized carbons (Fsp3) is 0.435. The van der Waals surface area contributed by atoms with Crippen molar-refractivity contribution in [2.75, 3.05) is 33.9 Å². The summed E-state index contributed by atoms with van der Waals surface area (Å²) in [6.07, 6.45) is 1.97. The van der Waals surface area contributed by atoms with Crippen LogP contribution in [0, 0.1) is 6.92 Å². The third kappa shape index (κ3) is 6.34. The summed E-state index contributed by atoms with van der Waals surface area (Å²) in [5, 5.41) is 6.97. The lowest BCUT2D eigenvalue weighted by molar-refractivity contribution is 0.0513. The molecule has 0 aliphatic carbocycles. The smallest absolute Gasteiger partial charge is 0.191 e. The van der Waals surface area contributed by atoms with Crippen molar-refractivity contribution in [2.45, 2.75) is 31.7 Å². The van der Waals surface area contributed by atoms with Gasteiger partial charge in [0, 0.05) is 38.8 Å². The third-order valence-corrected chi connectivity index (χ3v) is 5.51. The molecule has 0 spiro atoms. The van der Waals surface area contributed by atoms with Crippen LogP contribution >= 0.6 is 24.0 Å². The van der Waals surface area contributed by atoms with Crippen LogP contribution in [0.5, 0.6) is 5.75 Å². The highest BCUT2D eigenvalue weighted by atomic mass is 127. The van der Waals surface area contributed by atoms with Gasteiger partial charge in [0.25, 0.3) is 0 Å². The standard InChI is InChI=1S/C23H31N3O2.HI/c1-18-5-4-6-19(15-18)16-25-22(24-2)26-17-23(11-13-28-14-12-23)20-7-9-21(27-3)10-8-20;/h4-10,15H,11-14,16-17H2,1-3H3,(H2,24,25,26);1H. The van der Waals surface area contributed by atoms with Crippen LogP contribution in [0.25, 0.3) is 0 Å². The Hall–Kier alpha value is -1.80. The summed E-state index contributed by atoms with van der Waals surface area (Å²) in [5.74, 6) is 1.70. The average Bonchev–Trinajstić information content (AvgIpc) is 2.74. The number of rotatable bonds is 6. The first kappa shape index (κ1) is 23.5. The Bertz CT molecular complexity index is 787. The number of methoxy groups -OCH3 is 1. The molecule has 0 bridgehead atoms. The van der Waals surface area contributed by atoms with E-state index in [1.165, 1.54) is 16.7 Å². The van der Waals surface area contributed by atoms with Crippen molar-refractivity contribution in [3.63, 3.8) is 0 Å². The molecule has 29 heavy (non-hydrogen) atoms. The van der Waals surface area contributed by atoms with E-state index in [2.05, 4.69) is 58.9 Å². The zero-order valence-corrected chi connectivity index (χ0v) is 19.9. The minimum atomic E-state index is 0. The van der Waals surface area contributed by atoms with Gasteiger partial charge in [0.15, 0.2) is 5.96 Å². The molecule has 1 fully saturated rings. The lowest BCUT2D eigenvalue weighted by Gasteiger charge is -2.38. The van der Waals surface area contributed by atoms with Crippen LogP contribution in [0.4, 0.5) is 0 Å². The van der Waals surface area contributed by atoms with E-state index in [-0.39, 0.29) is 29.4 Å². The van der Waals surface area contributed by atoms with Gasteiger partial charge in [-0.2, -0.15) is 0 Å². The highest BCUT2D eigenvalue weighted by Crippen LogP contribution is 2.35. The van der Waals surface area contributed by atoms with Gasteiger partial charge in [0.05, 0.1) is 7.11 Å². The topological polar surface area (TPSA) is 54.9 Å². The van der Waals surface area contributed by atoms with Gasteiger partial charge >= 0.3 is 0 Å². The molecule has 158 valence electrons. The maximum atomic E-state index is 5.64. The first-order chi connectivity index (χ1) is 13.6. The Morgan fingerprint density at radius 3 is 2.45 bits per heavy atom. The molecule has 1 aliphatic heterocycles. The minimum Gasteiger partial charge on any atom is -0.497 e. The largest absolute Gasteiger partial charge is 0.497 e. The molecule has 5 nitrogen and oxygen atoms in total. The summed E-state index contributed by atoms with van der Waals surface area (Å²) in [7, 11) is 3.51. The summed E-state index contributed by atoms with van der Waals surface area (Å²) in [5.41, 5.74) is 3.87. The Balaban J connectivity index is 0.00000300. The molecule has 2 aromatic rings. The van der Waals surface area contributed by atoms with E-state index in [0.717, 1.165) is 50.9 Å². The van der Waals surface area contributed by atoms with Crippen molar-refractivity contribution in [3.05, 3.63) is 65.2 Å². The van der Waals surface area contributed by atoms with E-state index in [0.29, 0.717) is 0 Å². The summed E-state index contributed by atoms with van der Waals surface area (Å²) in [4.78, 5) is 4.41. The number of hydrogen-bond acceptors (Lipinski definition) is 3. The number of halogens is 1. The molecular weight excluding hydrogens is 477 g/mol. The summed E-state index contributed by atoms with van der Waals surface area (Å²) < 4.78 is 11.0. The SMILES string of the molecule is CN=C(NCc1cccc(C)c1)NCC1(c2ccc(OC)cc2)CCOCC1.I. The summed E-state index contributed by atoms with van der Waals surface area (Å²) in [6, 6.07) is 16.9. The van der Waals surface area contributed by atoms with E-state index >= 15 is 0 Å². The first-order valence-electron chi connectivity index (χ1n) is 9.87. The third-order valence-electron chi connectivity index (χ3n) is 5.51. The molecule has 3 rings (SSSR count). The number of nitrogens with one attached hydrogen (secondary N) is 2. The Labute approximate surface area is 191 Å². The van der Waals surface area contributed by atoms with Gasteiger partial charge in [0.2, 0.25) is 0 Å². The molecule has 1 aliphatic rings. The number of hydrogen-bond donors (Lipinski definition) is 2. The van der Waals surface area contributed by atoms with Crippen molar-refractivity contribution >= 4 is 29.9 Å². The molecule has 2 N–H and O–H groups in total. The van der Waals surface area contributed by atoms with Gasteiger partial charge in [-0.15, -0.1) is 24.0 Å². The first-order valence-corrected chi connectivity index (χ1v) is 9.87. The zero-order valence-electron chi connectivity index (χ0n) is 17.5. The van der Waals surface area contributed by atoms with Crippen molar-refractivity contribution < 1.29 is 9.47 Å².